The lowest BCUT2D eigenvalue weighted by Crippen LogP contribution is -2.42. The summed E-state index contributed by atoms with van der Waals surface area (Å²) in [7, 11) is 0. The van der Waals surface area contributed by atoms with Crippen molar-refractivity contribution in [2.75, 3.05) is 11.9 Å². The van der Waals surface area contributed by atoms with Crippen LogP contribution in [0.25, 0.3) is 0 Å². The van der Waals surface area contributed by atoms with E-state index >= 15 is 0 Å². The first-order valence-electron chi connectivity index (χ1n) is 6.36. The number of nitrogens with one attached hydrogen (secondary N) is 1. The number of hydrogen-bond acceptors (Lipinski definition) is 2. The van der Waals surface area contributed by atoms with Crippen molar-refractivity contribution >= 4 is 40.7 Å². The second kappa shape index (κ2) is 7.50. The van der Waals surface area contributed by atoms with Gasteiger partial charge in [-0.3, -0.25) is 9.59 Å². The lowest BCUT2D eigenvalue weighted by molar-refractivity contribution is -0.134. The van der Waals surface area contributed by atoms with Gasteiger partial charge in [0.25, 0.3) is 0 Å². The van der Waals surface area contributed by atoms with Gasteiger partial charge in [0.05, 0.1) is 0 Å². The predicted octanol–water partition coefficient (Wildman–Crippen LogP) is 3.58. The Kier molecular flexibility index (Phi) is 6.30. The number of amides is 2. The molecule has 0 saturated heterocycles. The van der Waals surface area contributed by atoms with E-state index in [4.69, 9.17) is 23.2 Å². The van der Waals surface area contributed by atoms with Crippen molar-refractivity contribution in [3.8, 4) is 0 Å². The largest absolute Gasteiger partial charge is 0.331 e. The third kappa shape index (κ3) is 5.02. The van der Waals surface area contributed by atoms with Gasteiger partial charge in [0.1, 0.15) is 6.54 Å². The number of anilines is 1. The van der Waals surface area contributed by atoms with Crippen LogP contribution in [0.15, 0.2) is 18.2 Å². The minimum Gasteiger partial charge on any atom is -0.331 e. The Hall–Kier alpha value is -1.26. The minimum absolute atomic E-state index is 0.00841. The highest BCUT2D eigenvalue weighted by molar-refractivity contribution is 6.35. The molecule has 0 aliphatic carbocycles. The Morgan fingerprint density at radius 2 is 1.80 bits per heavy atom. The average Bonchev–Trinajstić information content (AvgIpc) is 2.33. The molecule has 20 heavy (non-hydrogen) atoms. The van der Waals surface area contributed by atoms with Crippen LogP contribution in [0.5, 0.6) is 0 Å². The summed E-state index contributed by atoms with van der Waals surface area (Å²) < 4.78 is 0. The number of hydrogen-bond donors (Lipinski definition) is 1. The van der Waals surface area contributed by atoms with Crippen molar-refractivity contribution in [2.45, 2.75) is 33.2 Å². The third-order valence-corrected chi connectivity index (χ3v) is 3.42. The molecule has 0 bridgehead atoms. The van der Waals surface area contributed by atoms with Crippen molar-refractivity contribution in [1.29, 1.82) is 0 Å². The smallest absolute Gasteiger partial charge is 0.244 e. The second-order valence-corrected chi connectivity index (χ2v) is 5.48. The van der Waals surface area contributed by atoms with Gasteiger partial charge in [0, 0.05) is 28.7 Å². The van der Waals surface area contributed by atoms with E-state index in [1.54, 1.807) is 18.2 Å². The van der Waals surface area contributed by atoms with Crippen LogP contribution >= 0.6 is 23.2 Å². The number of halogens is 2. The van der Waals surface area contributed by atoms with Crippen molar-refractivity contribution < 1.29 is 9.59 Å². The highest BCUT2D eigenvalue weighted by Crippen LogP contribution is 2.22. The minimum atomic E-state index is -0.279. The maximum atomic E-state index is 12.0. The Labute approximate surface area is 129 Å². The van der Waals surface area contributed by atoms with Crippen molar-refractivity contribution in [3.05, 3.63) is 28.2 Å². The van der Waals surface area contributed by atoms with Crippen molar-refractivity contribution in [3.63, 3.8) is 0 Å². The van der Waals surface area contributed by atoms with Gasteiger partial charge in [-0.05, 0) is 31.5 Å². The zero-order valence-electron chi connectivity index (χ0n) is 11.7. The van der Waals surface area contributed by atoms with Gasteiger partial charge in [-0.25, -0.2) is 0 Å². The molecular weight excluding hydrogens is 299 g/mol. The Bertz CT molecular complexity index is 486. The summed E-state index contributed by atoms with van der Waals surface area (Å²) in [6.45, 7) is 5.34. The molecule has 0 spiro atoms. The summed E-state index contributed by atoms with van der Waals surface area (Å²) in [6, 6.07) is 4.81. The molecule has 6 heteroatoms. The Balaban J connectivity index is 2.73. The van der Waals surface area contributed by atoms with Crippen LogP contribution < -0.4 is 5.32 Å². The monoisotopic (exact) mass is 316 g/mol. The molecule has 1 aromatic carbocycles. The van der Waals surface area contributed by atoms with Gasteiger partial charge >= 0.3 is 0 Å². The van der Waals surface area contributed by atoms with E-state index in [9.17, 15) is 9.59 Å². The molecule has 0 heterocycles. The number of rotatable bonds is 5. The van der Waals surface area contributed by atoms with Crippen LogP contribution in [0.4, 0.5) is 5.69 Å². The van der Waals surface area contributed by atoms with E-state index in [1.165, 1.54) is 11.8 Å². The molecule has 1 atom stereocenters. The molecule has 0 aliphatic heterocycles. The van der Waals surface area contributed by atoms with Gasteiger partial charge < -0.3 is 10.2 Å². The van der Waals surface area contributed by atoms with Gasteiger partial charge in [-0.1, -0.05) is 30.1 Å². The number of benzene rings is 1. The molecule has 4 nitrogen and oxygen atoms in total. The SMILES string of the molecule is CCC(C)N(CC(=O)Nc1cc(Cl)cc(Cl)c1)C(C)=O. The normalized spacial score (nSPS) is 11.8. The van der Waals surface area contributed by atoms with E-state index in [2.05, 4.69) is 5.32 Å². The Morgan fingerprint density at radius 1 is 1.25 bits per heavy atom. The molecule has 110 valence electrons. The van der Waals surface area contributed by atoms with Crippen molar-refractivity contribution in [1.82, 2.24) is 4.90 Å². The van der Waals surface area contributed by atoms with Gasteiger partial charge in [-0.15, -0.1) is 0 Å². The summed E-state index contributed by atoms with van der Waals surface area (Å²) in [5, 5.41) is 3.57. The molecule has 0 radical (unpaired) electrons. The molecule has 0 aromatic heterocycles. The number of carbonyl (C=O) groups is 2. The lowest BCUT2D eigenvalue weighted by atomic mass is 10.2. The zero-order chi connectivity index (χ0) is 15.3. The van der Waals surface area contributed by atoms with Crippen LogP contribution in [0.2, 0.25) is 10.0 Å². The van der Waals surface area contributed by atoms with Gasteiger partial charge in [0.15, 0.2) is 0 Å². The molecule has 0 aliphatic rings. The van der Waals surface area contributed by atoms with Crippen LogP contribution in [0.1, 0.15) is 27.2 Å². The summed E-state index contributed by atoms with van der Waals surface area (Å²) in [5.41, 5.74) is 0.514. The van der Waals surface area contributed by atoms with E-state index in [-0.39, 0.29) is 24.4 Å². The molecular formula is C14H18Cl2N2O2. The molecule has 2 amide bonds. The summed E-state index contributed by atoms with van der Waals surface area (Å²) >= 11 is 11.7. The summed E-state index contributed by atoms with van der Waals surface area (Å²) in [4.78, 5) is 25.1. The molecule has 0 saturated carbocycles. The quantitative estimate of drug-likeness (QED) is 0.902. The first kappa shape index (κ1) is 16.8. The van der Waals surface area contributed by atoms with Crippen LogP contribution in [0, 0.1) is 0 Å². The van der Waals surface area contributed by atoms with E-state index in [1.807, 2.05) is 13.8 Å². The summed E-state index contributed by atoms with van der Waals surface area (Å²) in [6.07, 6.45) is 0.788. The van der Waals surface area contributed by atoms with Crippen LogP contribution in [0.3, 0.4) is 0 Å². The number of nitrogens with zero attached hydrogens (tertiary/aromatic N) is 1. The maximum Gasteiger partial charge on any atom is 0.244 e. The summed E-state index contributed by atoms with van der Waals surface area (Å²) in [5.74, 6) is -0.405. The zero-order valence-corrected chi connectivity index (χ0v) is 13.3. The first-order valence-corrected chi connectivity index (χ1v) is 7.12. The van der Waals surface area contributed by atoms with Crippen LogP contribution in [-0.4, -0.2) is 29.3 Å². The molecule has 0 fully saturated rings. The lowest BCUT2D eigenvalue weighted by Gasteiger charge is -2.26. The molecule has 1 rings (SSSR count). The molecule has 1 unspecified atom stereocenters. The predicted molar refractivity (Wildman–Crippen MR) is 82.2 cm³/mol. The highest BCUT2D eigenvalue weighted by atomic mass is 35.5. The fourth-order valence-corrected chi connectivity index (χ4v) is 2.31. The third-order valence-electron chi connectivity index (χ3n) is 2.99. The Morgan fingerprint density at radius 3 is 2.25 bits per heavy atom. The number of carbonyl (C=O) groups excluding carboxylic acids is 2. The fourth-order valence-electron chi connectivity index (χ4n) is 1.78. The molecule has 1 N–H and O–H groups in total. The van der Waals surface area contributed by atoms with Crippen LogP contribution in [-0.2, 0) is 9.59 Å². The van der Waals surface area contributed by atoms with Crippen molar-refractivity contribution in [2.24, 2.45) is 0 Å². The average molecular weight is 317 g/mol. The second-order valence-electron chi connectivity index (χ2n) is 4.61. The van der Waals surface area contributed by atoms with E-state index < -0.39 is 0 Å². The first-order chi connectivity index (χ1) is 9.33. The fraction of sp³-hybridized carbons (Fsp3) is 0.429. The topological polar surface area (TPSA) is 49.4 Å². The maximum absolute atomic E-state index is 12.0. The van der Waals surface area contributed by atoms with Gasteiger partial charge in [-0.2, -0.15) is 0 Å². The van der Waals surface area contributed by atoms with E-state index in [0.717, 1.165) is 6.42 Å². The van der Waals surface area contributed by atoms with E-state index in [0.29, 0.717) is 15.7 Å². The molecule has 1 aromatic rings. The standard InChI is InChI=1S/C14H18Cl2N2O2/c1-4-9(2)18(10(3)19)8-14(20)17-13-6-11(15)5-12(16)7-13/h5-7,9H,4,8H2,1-3H3,(H,17,20). The highest BCUT2D eigenvalue weighted by Gasteiger charge is 2.18. The van der Waals surface area contributed by atoms with Gasteiger partial charge in [0.2, 0.25) is 11.8 Å².